The molecule has 10 heteroatoms. The predicted octanol–water partition coefficient (Wildman–Crippen LogP) is 8.81. The number of hydrogen-bond acceptors (Lipinski definition) is 6. The number of alkyl carbamates (subject to hydrolysis) is 1. The molecule has 0 radical (unpaired) electrons. The number of fused-ring (bicyclic) bond motifs is 4. The Kier molecular flexibility index (Phi) is 9.56. The quantitative estimate of drug-likeness (QED) is 0.132. The molecule has 8 rings (SSSR count). The van der Waals surface area contributed by atoms with Crippen LogP contribution < -0.4 is 5.32 Å². The van der Waals surface area contributed by atoms with Crippen molar-refractivity contribution in [3.05, 3.63) is 72.4 Å². The number of amides is 2. The maximum atomic E-state index is 14.1. The van der Waals surface area contributed by atoms with Crippen molar-refractivity contribution in [2.24, 2.45) is 35.5 Å². The first-order valence-electron chi connectivity index (χ1n) is 19.8. The van der Waals surface area contributed by atoms with Crippen molar-refractivity contribution in [1.29, 1.82) is 0 Å². The third kappa shape index (κ3) is 6.47. The third-order valence-electron chi connectivity index (χ3n) is 12.8. The van der Waals surface area contributed by atoms with Crippen LogP contribution in [0, 0.1) is 35.5 Å². The average molecular weight is 729 g/mol. The van der Waals surface area contributed by atoms with E-state index < -0.39 is 12.1 Å². The summed E-state index contributed by atoms with van der Waals surface area (Å²) in [4.78, 5) is 58.6. The zero-order valence-corrected chi connectivity index (χ0v) is 32.2. The van der Waals surface area contributed by atoms with Gasteiger partial charge in [-0.05, 0) is 102 Å². The van der Waals surface area contributed by atoms with Gasteiger partial charge in [0.25, 0.3) is 0 Å². The van der Waals surface area contributed by atoms with Crippen LogP contribution in [0.15, 0.2) is 60.8 Å². The number of likely N-dealkylation sites (tertiary alicyclic amines) is 1. The van der Waals surface area contributed by atoms with Gasteiger partial charge >= 0.3 is 6.09 Å². The first-order chi connectivity index (χ1) is 26.0. The molecule has 282 valence electrons. The molecule has 2 aliphatic carbocycles. The standard InChI is InChI=1S/C44H52N6O4/c1-23(2)25(5)43(52)50-17-7-8-36(50)41-45-22-35(48-41)30-12-11-26-18-27(9-10-28(26)19-30)29-15-16-33-34(21-29)47-42(46-33)38-32-14-13-31(20-32)37(38)40(51)39(24(3)4)49-44(53)54-6/h9-12,15-16,18-19,21-25,31-32,36-39H,7-8,13-14,17,20H2,1-6H3,(H,45,48)(H,46,47)(H,49,53)/t25-,31?,32-,36-,37?,38+,39-/m0/s1. The molecule has 10 nitrogen and oxygen atoms in total. The van der Waals surface area contributed by atoms with Crippen molar-refractivity contribution in [2.75, 3.05) is 13.7 Å². The van der Waals surface area contributed by atoms with Crippen molar-refractivity contribution < 1.29 is 19.1 Å². The Labute approximate surface area is 316 Å². The van der Waals surface area contributed by atoms with Gasteiger partial charge in [-0.2, -0.15) is 0 Å². The Morgan fingerprint density at radius 1 is 0.833 bits per heavy atom. The van der Waals surface area contributed by atoms with Crippen molar-refractivity contribution in [1.82, 2.24) is 30.2 Å². The van der Waals surface area contributed by atoms with E-state index in [1.54, 1.807) is 0 Å². The molecule has 5 aromatic rings. The molecule has 7 atom stereocenters. The highest BCUT2D eigenvalue weighted by molar-refractivity contribution is 5.93. The fourth-order valence-electron chi connectivity index (χ4n) is 9.52. The van der Waals surface area contributed by atoms with Crippen LogP contribution in [0.1, 0.15) is 90.3 Å². The van der Waals surface area contributed by atoms with E-state index in [0.29, 0.717) is 17.8 Å². The van der Waals surface area contributed by atoms with Crippen LogP contribution in [0.4, 0.5) is 4.79 Å². The van der Waals surface area contributed by atoms with E-state index in [2.05, 4.69) is 83.7 Å². The predicted molar refractivity (Wildman–Crippen MR) is 211 cm³/mol. The monoisotopic (exact) mass is 728 g/mol. The van der Waals surface area contributed by atoms with Crippen LogP contribution in [-0.2, 0) is 14.3 Å². The number of ketones is 1. The number of aromatic amines is 2. The molecule has 2 aromatic heterocycles. The topological polar surface area (TPSA) is 133 Å². The smallest absolute Gasteiger partial charge is 0.407 e. The van der Waals surface area contributed by atoms with Crippen molar-refractivity contribution in [2.45, 2.75) is 84.7 Å². The van der Waals surface area contributed by atoms with Gasteiger partial charge in [-0.3, -0.25) is 9.59 Å². The Morgan fingerprint density at radius 2 is 1.54 bits per heavy atom. The van der Waals surface area contributed by atoms with E-state index >= 15 is 0 Å². The number of ether oxygens (including phenoxy) is 1. The minimum absolute atomic E-state index is 0.00132. The summed E-state index contributed by atoms with van der Waals surface area (Å²) in [6.07, 6.45) is 6.45. The van der Waals surface area contributed by atoms with Crippen LogP contribution >= 0.6 is 0 Å². The molecule has 2 bridgehead atoms. The molecular weight excluding hydrogens is 677 g/mol. The lowest BCUT2D eigenvalue weighted by atomic mass is 9.73. The fraction of sp³-hybridized carbons (Fsp3) is 0.477. The number of methoxy groups -OCH3 is 1. The largest absolute Gasteiger partial charge is 0.453 e. The number of H-pyrrole nitrogens is 2. The lowest BCUT2D eigenvalue weighted by Crippen LogP contribution is -2.49. The second kappa shape index (κ2) is 14.3. The number of nitrogens with one attached hydrogen (secondary N) is 3. The fourth-order valence-corrected chi connectivity index (χ4v) is 9.52. The summed E-state index contributed by atoms with van der Waals surface area (Å²) in [5, 5.41) is 5.07. The van der Waals surface area contributed by atoms with Crippen LogP contribution in [-0.4, -0.2) is 62.3 Å². The van der Waals surface area contributed by atoms with Gasteiger partial charge < -0.3 is 24.9 Å². The third-order valence-corrected chi connectivity index (χ3v) is 12.8. The minimum atomic E-state index is -0.598. The van der Waals surface area contributed by atoms with Gasteiger partial charge in [0.2, 0.25) is 5.91 Å². The molecule has 1 saturated heterocycles. The van der Waals surface area contributed by atoms with Crippen LogP contribution in [0.2, 0.25) is 0 Å². The van der Waals surface area contributed by atoms with Gasteiger partial charge in [0.05, 0.1) is 35.9 Å². The minimum Gasteiger partial charge on any atom is -0.453 e. The second-order valence-electron chi connectivity index (χ2n) is 16.7. The van der Waals surface area contributed by atoms with E-state index in [1.165, 1.54) is 7.11 Å². The van der Waals surface area contributed by atoms with Gasteiger partial charge in [0.1, 0.15) is 11.6 Å². The van der Waals surface area contributed by atoms with Crippen LogP contribution in [0.3, 0.4) is 0 Å². The van der Waals surface area contributed by atoms with Crippen molar-refractivity contribution in [3.8, 4) is 22.4 Å². The lowest BCUT2D eigenvalue weighted by molar-refractivity contribution is -0.137. The van der Waals surface area contributed by atoms with Crippen LogP contribution in [0.5, 0.6) is 0 Å². The van der Waals surface area contributed by atoms with Crippen molar-refractivity contribution >= 4 is 39.6 Å². The Hall–Kier alpha value is -4.99. The molecule has 2 saturated carbocycles. The Bertz CT molecular complexity index is 2220. The number of hydrogen-bond donors (Lipinski definition) is 3. The molecule has 1 aliphatic heterocycles. The molecule has 3 aliphatic rings. The molecular formula is C44H52N6O4. The normalized spacial score (nSPS) is 23.5. The summed E-state index contributed by atoms with van der Waals surface area (Å²) < 4.78 is 4.85. The summed E-state index contributed by atoms with van der Waals surface area (Å²) >= 11 is 0. The highest BCUT2D eigenvalue weighted by atomic mass is 16.5. The van der Waals surface area contributed by atoms with Gasteiger partial charge in [-0.15, -0.1) is 0 Å². The molecule has 3 N–H and O–H groups in total. The second-order valence-corrected chi connectivity index (χ2v) is 16.7. The highest BCUT2D eigenvalue weighted by Gasteiger charge is 2.54. The van der Waals surface area contributed by atoms with E-state index in [4.69, 9.17) is 14.7 Å². The summed E-state index contributed by atoms with van der Waals surface area (Å²) in [7, 11) is 1.33. The van der Waals surface area contributed by atoms with Crippen molar-refractivity contribution in [3.63, 3.8) is 0 Å². The average Bonchev–Trinajstić information content (AvgIpc) is 4.03. The SMILES string of the molecule is COC(=O)N[C@H](C(=O)C1C2CC[C@@H](C2)[C@H]1c1nc2cc(-c3ccc4cc(-c5c[nH]c([C@@H]6CCCN6C(=O)[C@@H](C)C(C)C)n5)ccc4c3)ccc2[nH]1)C(C)C. The molecule has 2 amide bonds. The number of imidazole rings is 2. The molecule has 2 unspecified atom stereocenters. The lowest BCUT2D eigenvalue weighted by Gasteiger charge is -2.32. The summed E-state index contributed by atoms with van der Waals surface area (Å²) in [5.74, 6) is 2.79. The highest BCUT2D eigenvalue weighted by Crippen LogP contribution is 2.57. The van der Waals surface area contributed by atoms with E-state index in [0.717, 1.165) is 94.5 Å². The summed E-state index contributed by atoms with van der Waals surface area (Å²) in [6, 6.07) is 18.7. The maximum absolute atomic E-state index is 14.1. The molecule has 3 heterocycles. The number of Topliss-reactive ketones (excluding diaryl/α,β-unsaturated/α-hetero) is 1. The van der Waals surface area contributed by atoms with E-state index in [9.17, 15) is 14.4 Å². The molecule has 54 heavy (non-hydrogen) atoms. The van der Waals surface area contributed by atoms with Gasteiger partial charge in [-0.1, -0.05) is 65.0 Å². The first kappa shape index (κ1) is 36.0. The molecule has 0 spiro atoms. The molecule has 3 aromatic carbocycles. The number of benzene rings is 3. The van der Waals surface area contributed by atoms with Crippen LogP contribution in [0.25, 0.3) is 44.2 Å². The van der Waals surface area contributed by atoms with E-state index in [1.807, 2.05) is 31.9 Å². The number of carbonyl (C=O) groups is 3. The summed E-state index contributed by atoms with van der Waals surface area (Å²) in [5.41, 5.74) is 5.94. The number of aromatic nitrogens is 4. The zero-order valence-electron chi connectivity index (χ0n) is 32.2. The number of rotatable bonds is 10. The Morgan fingerprint density at radius 3 is 2.28 bits per heavy atom. The van der Waals surface area contributed by atoms with Gasteiger partial charge in [0.15, 0.2) is 5.78 Å². The van der Waals surface area contributed by atoms with Gasteiger partial charge in [-0.25, -0.2) is 14.8 Å². The molecule has 3 fully saturated rings. The summed E-state index contributed by atoms with van der Waals surface area (Å²) in [6.45, 7) is 10.9. The zero-order chi connectivity index (χ0) is 37.8. The van der Waals surface area contributed by atoms with Gasteiger partial charge in [0, 0.05) is 36.1 Å². The number of nitrogens with zero attached hydrogens (tertiary/aromatic N) is 3. The first-order valence-corrected chi connectivity index (χ1v) is 19.8. The Balaban J connectivity index is 1.02. The maximum Gasteiger partial charge on any atom is 0.407 e. The van der Waals surface area contributed by atoms with E-state index in [-0.39, 0.29) is 41.4 Å². The number of carbonyl (C=O) groups excluding carboxylic acids is 3.